The molecule has 1 aromatic carbocycles. The average molecular weight is 750 g/mol. The zero-order valence-corrected chi connectivity index (χ0v) is 31.1. The van der Waals surface area contributed by atoms with Crippen LogP contribution in [0, 0.1) is 28.6 Å². The second kappa shape index (κ2) is 17.0. The smallest absolute Gasteiger partial charge is 0.389 e. The number of piperidine rings is 1. The van der Waals surface area contributed by atoms with E-state index in [1.807, 2.05) is 44.2 Å². The van der Waals surface area contributed by atoms with Gasteiger partial charge in [-0.25, -0.2) is 9.59 Å². The minimum atomic E-state index is -4.64. The molecule has 0 radical (unpaired) electrons. The number of esters is 1. The van der Waals surface area contributed by atoms with E-state index in [-0.39, 0.29) is 42.9 Å². The van der Waals surface area contributed by atoms with Crippen molar-refractivity contribution in [2.45, 2.75) is 116 Å². The van der Waals surface area contributed by atoms with E-state index in [1.54, 1.807) is 20.8 Å². The summed E-state index contributed by atoms with van der Waals surface area (Å²) in [7, 11) is 0. The van der Waals surface area contributed by atoms with Gasteiger partial charge in [0.15, 0.2) is 0 Å². The molecule has 3 aliphatic rings. The number of aliphatic hydroxyl groups is 1. The molecule has 5 N–H and O–H groups in total. The first kappa shape index (κ1) is 41.8. The average Bonchev–Trinajstić information content (AvgIpc) is 3.53. The molecule has 4 amide bonds. The molecule has 1 aromatic rings. The number of ketones is 1. The van der Waals surface area contributed by atoms with Gasteiger partial charge >= 0.3 is 18.2 Å². The molecule has 1 heterocycles. The third kappa shape index (κ3) is 10.6. The van der Waals surface area contributed by atoms with E-state index in [1.165, 1.54) is 11.0 Å². The number of amides is 4. The minimum Gasteiger partial charge on any atom is -0.459 e. The third-order valence-electron chi connectivity index (χ3n) is 10.9. The van der Waals surface area contributed by atoms with Gasteiger partial charge < -0.3 is 30.7 Å². The molecule has 7 atom stereocenters. The van der Waals surface area contributed by atoms with Crippen molar-refractivity contribution in [3.8, 4) is 0 Å². The van der Waals surface area contributed by atoms with Gasteiger partial charge in [-0.05, 0) is 53.4 Å². The molecule has 1 aliphatic heterocycles. The number of nitrogens with one attached hydrogen (secondary N) is 4. The highest BCUT2D eigenvalue weighted by atomic mass is 19.4. The van der Waals surface area contributed by atoms with Crippen LogP contribution in [0.1, 0.15) is 78.7 Å². The molecule has 4 rings (SSSR count). The van der Waals surface area contributed by atoms with E-state index in [0.717, 1.165) is 18.4 Å². The standard InChI is InChI=1S/C38H54F3N5O7/c1-7-19-42-32(49)29(47)25(17-18-38(39,40)41)43-31(48)28-26-24(37(26,5)6)20-46(28)33(50)30(36(2,3)4)45-35(52)44-27(23-15-11-12-16-23)34(51)53-21-22-13-9-8-10-14-22/h7-10,13-14,23-28,30-31,43,48H,1,11-12,15-21H2,2-6H3,(H,42,49)(H2,44,45,52)/t24-,25?,26-,27-,28-,30+,31?/m0/s1. The Balaban J connectivity index is 1.52. The number of fused-ring (bicyclic) bond motifs is 1. The van der Waals surface area contributed by atoms with Crippen molar-refractivity contribution in [2.24, 2.45) is 28.6 Å². The van der Waals surface area contributed by atoms with Crippen LogP contribution in [0.4, 0.5) is 18.0 Å². The molecular weight excluding hydrogens is 695 g/mol. The van der Waals surface area contributed by atoms with E-state index < -0.39 is 84.4 Å². The Kier molecular flexibility index (Phi) is 13.4. The summed E-state index contributed by atoms with van der Waals surface area (Å²) in [6.45, 7) is 12.7. The fourth-order valence-corrected chi connectivity index (χ4v) is 7.86. The number of hydrogen-bond acceptors (Lipinski definition) is 8. The number of Topliss-reactive ketones (excluding diaryl/α,β-unsaturated/α-hetero) is 1. The summed E-state index contributed by atoms with van der Waals surface area (Å²) in [5.74, 6) is -3.98. The highest BCUT2D eigenvalue weighted by Crippen LogP contribution is 2.65. The van der Waals surface area contributed by atoms with Crippen LogP contribution < -0.4 is 21.3 Å². The second-order valence-corrected chi connectivity index (χ2v) is 16.1. The van der Waals surface area contributed by atoms with Gasteiger partial charge in [0, 0.05) is 19.5 Å². The minimum absolute atomic E-state index is 0.0306. The van der Waals surface area contributed by atoms with Crippen LogP contribution in [-0.4, -0.2) is 89.3 Å². The molecule has 0 bridgehead atoms. The number of benzene rings is 1. The SMILES string of the molecule is C=CCNC(=O)C(=O)C(CCC(F)(F)F)NC(O)[C@@H]1[C@@H]2[C@H](CN1C(=O)[C@@H](NC(=O)N[C@H](C(=O)OCc1ccccc1)C1CCCC1)C(C)(C)C)C2(C)C. The predicted octanol–water partition coefficient (Wildman–Crippen LogP) is 3.98. The lowest BCUT2D eigenvalue weighted by Gasteiger charge is -2.40. The molecule has 53 heavy (non-hydrogen) atoms. The number of likely N-dealkylation sites (tertiary alicyclic amines) is 1. The second-order valence-electron chi connectivity index (χ2n) is 16.1. The van der Waals surface area contributed by atoms with Crippen LogP contribution in [-0.2, 0) is 30.5 Å². The van der Waals surface area contributed by atoms with E-state index in [9.17, 15) is 42.3 Å². The third-order valence-corrected chi connectivity index (χ3v) is 10.9. The van der Waals surface area contributed by atoms with Crippen molar-refractivity contribution < 1.29 is 47.0 Å². The summed E-state index contributed by atoms with van der Waals surface area (Å²) in [6, 6.07) is 3.58. The maximum Gasteiger partial charge on any atom is 0.389 e. The van der Waals surface area contributed by atoms with Crippen LogP contribution in [0.2, 0.25) is 0 Å². The van der Waals surface area contributed by atoms with Crippen molar-refractivity contribution in [3.05, 3.63) is 48.6 Å². The van der Waals surface area contributed by atoms with Crippen LogP contribution in [0.15, 0.2) is 43.0 Å². The normalized spacial score (nSPS) is 23.2. The monoisotopic (exact) mass is 749 g/mol. The number of urea groups is 1. The number of carbonyl (C=O) groups excluding carboxylic acids is 5. The van der Waals surface area contributed by atoms with Gasteiger partial charge in [0.25, 0.3) is 5.91 Å². The fourth-order valence-electron chi connectivity index (χ4n) is 7.86. The number of rotatable bonds is 16. The van der Waals surface area contributed by atoms with Gasteiger partial charge in [-0.2, -0.15) is 13.2 Å². The number of halogens is 3. The first-order valence-corrected chi connectivity index (χ1v) is 18.3. The molecular formula is C38H54F3N5O7. The van der Waals surface area contributed by atoms with E-state index in [4.69, 9.17) is 4.74 Å². The lowest BCUT2D eigenvalue weighted by molar-refractivity contribution is -0.148. The zero-order valence-electron chi connectivity index (χ0n) is 31.1. The van der Waals surface area contributed by atoms with Gasteiger partial charge in [0.1, 0.15) is 24.9 Å². The molecule has 294 valence electrons. The van der Waals surface area contributed by atoms with E-state index in [2.05, 4.69) is 27.8 Å². The van der Waals surface area contributed by atoms with Crippen LogP contribution in [0.3, 0.4) is 0 Å². The summed E-state index contributed by atoms with van der Waals surface area (Å²) >= 11 is 0. The first-order valence-electron chi connectivity index (χ1n) is 18.3. The van der Waals surface area contributed by atoms with Crippen LogP contribution >= 0.6 is 0 Å². The maximum atomic E-state index is 14.4. The van der Waals surface area contributed by atoms with Crippen molar-refractivity contribution in [1.29, 1.82) is 0 Å². The number of aliphatic hydroxyl groups excluding tert-OH is 1. The molecule has 3 fully saturated rings. The van der Waals surface area contributed by atoms with Crippen molar-refractivity contribution in [1.82, 2.24) is 26.2 Å². The summed E-state index contributed by atoms with van der Waals surface area (Å²) in [5.41, 5.74) is -0.419. The summed E-state index contributed by atoms with van der Waals surface area (Å²) in [6.07, 6.45) is -4.00. The molecule has 2 unspecified atom stereocenters. The van der Waals surface area contributed by atoms with Gasteiger partial charge in [0.2, 0.25) is 11.7 Å². The zero-order chi connectivity index (χ0) is 39.3. The van der Waals surface area contributed by atoms with Crippen LogP contribution in [0.5, 0.6) is 0 Å². The van der Waals surface area contributed by atoms with Gasteiger partial charge in [-0.3, -0.25) is 19.7 Å². The number of hydrogen-bond donors (Lipinski definition) is 5. The van der Waals surface area contributed by atoms with Gasteiger partial charge in [0.05, 0.1) is 12.1 Å². The quantitative estimate of drug-likeness (QED) is 0.0733. The van der Waals surface area contributed by atoms with E-state index >= 15 is 0 Å². The number of alkyl halides is 3. The molecule has 0 spiro atoms. The molecule has 1 saturated heterocycles. The maximum absolute atomic E-state index is 14.4. The Hall–Kier alpha value is -3.98. The molecule has 12 nitrogen and oxygen atoms in total. The topological polar surface area (TPSA) is 166 Å². The Morgan fingerprint density at radius 3 is 2.28 bits per heavy atom. The molecule has 0 aromatic heterocycles. The Bertz CT molecular complexity index is 1490. The van der Waals surface area contributed by atoms with E-state index in [0.29, 0.717) is 12.8 Å². The highest BCUT2D eigenvalue weighted by Gasteiger charge is 2.69. The fraction of sp³-hybridized carbons (Fsp3) is 0.658. The van der Waals surface area contributed by atoms with Gasteiger partial charge in [-0.15, -0.1) is 6.58 Å². The highest BCUT2D eigenvalue weighted by molar-refractivity contribution is 6.38. The lowest BCUT2D eigenvalue weighted by atomic mass is 9.85. The van der Waals surface area contributed by atoms with Crippen molar-refractivity contribution in [2.75, 3.05) is 13.1 Å². The molecule has 15 heteroatoms. The first-order chi connectivity index (χ1) is 24.8. The summed E-state index contributed by atoms with van der Waals surface area (Å²) in [5, 5.41) is 21.9. The Morgan fingerprint density at radius 1 is 1.06 bits per heavy atom. The molecule has 2 saturated carbocycles. The largest absolute Gasteiger partial charge is 0.459 e. The summed E-state index contributed by atoms with van der Waals surface area (Å²) < 4.78 is 45.3. The molecule has 2 aliphatic carbocycles. The number of carbonyl (C=O) groups is 5. The summed E-state index contributed by atoms with van der Waals surface area (Å²) in [4.78, 5) is 68.3. The number of ether oxygens (including phenoxy) is 1. The van der Waals surface area contributed by atoms with Crippen molar-refractivity contribution >= 4 is 29.6 Å². The number of nitrogens with zero attached hydrogens (tertiary/aromatic N) is 1. The Morgan fingerprint density at radius 2 is 1.70 bits per heavy atom. The van der Waals surface area contributed by atoms with Crippen molar-refractivity contribution in [3.63, 3.8) is 0 Å². The van der Waals surface area contributed by atoms with Crippen LogP contribution in [0.25, 0.3) is 0 Å². The Labute approximate surface area is 309 Å². The van der Waals surface area contributed by atoms with Gasteiger partial charge in [-0.1, -0.05) is 83.9 Å². The lowest BCUT2D eigenvalue weighted by Crippen LogP contribution is -2.63. The predicted molar refractivity (Wildman–Crippen MR) is 190 cm³/mol.